The molecular formula is C17H14Cl2O2. The van der Waals surface area contributed by atoms with E-state index in [1.54, 1.807) is 12.1 Å². The molecular weight excluding hydrogens is 307 g/mol. The Balaban J connectivity index is 1.92. The molecule has 2 aromatic carbocycles. The zero-order valence-corrected chi connectivity index (χ0v) is 13.1. The van der Waals surface area contributed by atoms with E-state index in [0.29, 0.717) is 22.2 Å². The summed E-state index contributed by atoms with van der Waals surface area (Å²) < 4.78 is 5.63. The predicted molar refractivity (Wildman–Crippen MR) is 84.9 cm³/mol. The lowest BCUT2D eigenvalue weighted by Gasteiger charge is -2.09. The van der Waals surface area contributed by atoms with Gasteiger partial charge in [0, 0.05) is 34.0 Å². The standard InChI is InChI=1S/C17H14Cl2O2/c1-10-4-12(7-14(18)5-10)16(20)9-13-8-15(19)6-11-2-3-21-17(11)13/h4-8H,2-3,9H2,1H3. The van der Waals surface area contributed by atoms with E-state index in [9.17, 15) is 4.79 Å². The number of hydrogen-bond donors (Lipinski definition) is 0. The van der Waals surface area contributed by atoms with Crippen LogP contribution in [0.1, 0.15) is 27.0 Å². The van der Waals surface area contributed by atoms with Crippen molar-refractivity contribution in [2.45, 2.75) is 19.8 Å². The van der Waals surface area contributed by atoms with Gasteiger partial charge in [0.2, 0.25) is 0 Å². The molecule has 0 bridgehead atoms. The SMILES string of the molecule is Cc1cc(Cl)cc(C(=O)Cc2cc(Cl)cc3c2OCC3)c1. The van der Waals surface area contributed by atoms with E-state index in [1.165, 1.54) is 0 Å². The van der Waals surface area contributed by atoms with Gasteiger partial charge in [0.1, 0.15) is 5.75 Å². The van der Waals surface area contributed by atoms with E-state index in [0.717, 1.165) is 28.9 Å². The predicted octanol–water partition coefficient (Wildman–Crippen LogP) is 4.66. The van der Waals surface area contributed by atoms with E-state index in [-0.39, 0.29) is 12.2 Å². The van der Waals surface area contributed by atoms with Crippen molar-refractivity contribution in [2.24, 2.45) is 0 Å². The van der Waals surface area contributed by atoms with Crippen molar-refractivity contribution in [1.82, 2.24) is 0 Å². The van der Waals surface area contributed by atoms with Crippen molar-refractivity contribution in [1.29, 1.82) is 0 Å². The number of ether oxygens (including phenoxy) is 1. The quantitative estimate of drug-likeness (QED) is 0.769. The van der Waals surface area contributed by atoms with E-state index >= 15 is 0 Å². The normalized spacial score (nSPS) is 12.9. The summed E-state index contributed by atoms with van der Waals surface area (Å²) in [6, 6.07) is 9.09. The third kappa shape index (κ3) is 3.07. The number of aryl methyl sites for hydroxylation is 1. The van der Waals surface area contributed by atoms with Crippen LogP contribution in [0.3, 0.4) is 0 Å². The van der Waals surface area contributed by atoms with Gasteiger partial charge in [0.25, 0.3) is 0 Å². The lowest BCUT2D eigenvalue weighted by molar-refractivity contribution is 0.0992. The van der Waals surface area contributed by atoms with Crippen LogP contribution in [0.2, 0.25) is 10.0 Å². The Morgan fingerprint density at radius 3 is 2.67 bits per heavy atom. The lowest BCUT2D eigenvalue weighted by atomic mass is 9.99. The van der Waals surface area contributed by atoms with Crippen LogP contribution in [0.15, 0.2) is 30.3 Å². The number of rotatable bonds is 3. The molecule has 0 saturated carbocycles. The second kappa shape index (κ2) is 5.70. The van der Waals surface area contributed by atoms with Crippen molar-refractivity contribution in [3.8, 4) is 5.75 Å². The molecule has 0 atom stereocenters. The van der Waals surface area contributed by atoms with Crippen LogP contribution in [0, 0.1) is 6.92 Å². The summed E-state index contributed by atoms with van der Waals surface area (Å²) in [6.07, 6.45) is 1.11. The van der Waals surface area contributed by atoms with Crippen molar-refractivity contribution < 1.29 is 9.53 Å². The van der Waals surface area contributed by atoms with Gasteiger partial charge in [-0.25, -0.2) is 0 Å². The minimum Gasteiger partial charge on any atom is -0.493 e. The van der Waals surface area contributed by atoms with E-state index < -0.39 is 0 Å². The third-order valence-electron chi connectivity index (χ3n) is 3.54. The van der Waals surface area contributed by atoms with Crippen LogP contribution in [-0.2, 0) is 12.8 Å². The van der Waals surface area contributed by atoms with Gasteiger partial charge in [-0.15, -0.1) is 0 Å². The summed E-state index contributed by atoms with van der Waals surface area (Å²) in [6.45, 7) is 2.57. The zero-order valence-electron chi connectivity index (χ0n) is 11.6. The first-order chi connectivity index (χ1) is 10.0. The summed E-state index contributed by atoms with van der Waals surface area (Å²) in [5.74, 6) is 0.826. The molecule has 0 aromatic heterocycles. The summed E-state index contributed by atoms with van der Waals surface area (Å²) >= 11 is 12.1. The van der Waals surface area contributed by atoms with Gasteiger partial charge < -0.3 is 4.74 Å². The number of ketones is 1. The molecule has 1 heterocycles. The fourth-order valence-electron chi connectivity index (χ4n) is 2.65. The highest BCUT2D eigenvalue weighted by Gasteiger charge is 2.20. The van der Waals surface area contributed by atoms with Gasteiger partial charge in [-0.05, 0) is 48.4 Å². The highest BCUT2D eigenvalue weighted by Crippen LogP contribution is 2.33. The van der Waals surface area contributed by atoms with Crippen molar-refractivity contribution >= 4 is 29.0 Å². The molecule has 2 aromatic rings. The van der Waals surface area contributed by atoms with Crippen LogP contribution in [-0.4, -0.2) is 12.4 Å². The first kappa shape index (κ1) is 14.4. The molecule has 0 spiro atoms. The first-order valence-electron chi connectivity index (χ1n) is 6.77. The Labute approximate surface area is 133 Å². The van der Waals surface area contributed by atoms with Crippen LogP contribution >= 0.6 is 23.2 Å². The van der Waals surface area contributed by atoms with Crippen molar-refractivity contribution in [3.63, 3.8) is 0 Å². The Hall–Kier alpha value is -1.51. The summed E-state index contributed by atoms with van der Waals surface area (Å²) in [5, 5.41) is 1.22. The van der Waals surface area contributed by atoms with Crippen molar-refractivity contribution in [2.75, 3.05) is 6.61 Å². The smallest absolute Gasteiger partial charge is 0.167 e. The third-order valence-corrected chi connectivity index (χ3v) is 3.98. The maximum Gasteiger partial charge on any atom is 0.167 e. The molecule has 0 radical (unpaired) electrons. The molecule has 0 N–H and O–H groups in total. The molecule has 0 amide bonds. The maximum atomic E-state index is 12.5. The van der Waals surface area contributed by atoms with Crippen LogP contribution in [0.4, 0.5) is 0 Å². The minimum atomic E-state index is 0.0144. The van der Waals surface area contributed by atoms with E-state index in [1.807, 2.05) is 25.1 Å². The fourth-order valence-corrected chi connectivity index (χ4v) is 3.20. The number of carbonyl (C=O) groups excluding carboxylic acids is 1. The summed E-state index contributed by atoms with van der Waals surface area (Å²) in [5.41, 5.74) is 3.51. The van der Waals surface area contributed by atoms with Gasteiger partial charge in [-0.2, -0.15) is 0 Å². The highest BCUT2D eigenvalue weighted by molar-refractivity contribution is 6.31. The molecule has 108 valence electrons. The molecule has 0 saturated heterocycles. The molecule has 1 aliphatic heterocycles. The molecule has 3 rings (SSSR count). The Morgan fingerprint density at radius 1 is 1.14 bits per heavy atom. The molecule has 0 unspecified atom stereocenters. The number of halogens is 2. The number of carbonyl (C=O) groups is 1. The molecule has 1 aliphatic rings. The van der Waals surface area contributed by atoms with Crippen LogP contribution in [0.25, 0.3) is 0 Å². The van der Waals surface area contributed by atoms with Crippen molar-refractivity contribution in [3.05, 3.63) is 62.6 Å². The molecule has 0 aliphatic carbocycles. The largest absolute Gasteiger partial charge is 0.493 e. The average Bonchev–Trinajstić information content (AvgIpc) is 2.85. The second-order valence-electron chi connectivity index (χ2n) is 5.27. The number of benzene rings is 2. The lowest BCUT2D eigenvalue weighted by Crippen LogP contribution is -2.05. The number of fused-ring (bicyclic) bond motifs is 1. The van der Waals surface area contributed by atoms with Crippen LogP contribution < -0.4 is 4.74 Å². The molecule has 21 heavy (non-hydrogen) atoms. The molecule has 4 heteroatoms. The highest BCUT2D eigenvalue weighted by atomic mass is 35.5. The fraction of sp³-hybridized carbons (Fsp3) is 0.235. The number of hydrogen-bond acceptors (Lipinski definition) is 2. The van der Waals surface area contributed by atoms with Gasteiger partial charge >= 0.3 is 0 Å². The zero-order chi connectivity index (χ0) is 15.0. The Morgan fingerprint density at radius 2 is 1.90 bits per heavy atom. The Bertz CT molecular complexity index is 703. The molecule has 0 fully saturated rings. The van der Waals surface area contributed by atoms with Gasteiger partial charge in [-0.3, -0.25) is 4.79 Å². The second-order valence-corrected chi connectivity index (χ2v) is 6.14. The van der Waals surface area contributed by atoms with Gasteiger partial charge in [0.15, 0.2) is 5.78 Å². The van der Waals surface area contributed by atoms with E-state index in [2.05, 4.69) is 0 Å². The summed E-state index contributed by atoms with van der Waals surface area (Å²) in [4.78, 5) is 12.5. The van der Waals surface area contributed by atoms with Gasteiger partial charge in [-0.1, -0.05) is 23.2 Å². The topological polar surface area (TPSA) is 26.3 Å². The molecule has 2 nitrogen and oxygen atoms in total. The Kier molecular flexibility index (Phi) is 3.92. The van der Waals surface area contributed by atoms with Crippen LogP contribution in [0.5, 0.6) is 5.75 Å². The average molecular weight is 321 g/mol. The maximum absolute atomic E-state index is 12.5. The first-order valence-corrected chi connectivity index (χ1v) is 7.53. The monoisotopic (exact) mass is 320 g/mol. The van der Waals surface area contributed by atoms with Gasteiger partial charge in [0.05, 0.1) is 6.61 Å². The van der Waals surface area contributed by atoms with E-state index in [4.69, 9.17) is 27.9 Å². The number of Topliss-reactive ketones (excluding diaryl/α,β-unsaturated/α-hetero) is 1. The summed E-state index contributed by atoms with van der Waals surface area (Å²) in [7, 11) is 0. The minimum absolute atomic E-state index is 0.0144.